The zero-order valence-corrected chi connectivity index (χ0v) is 12.6. The highest BCUT2D eigenvalue weighted by molar-refractivity contribution is 5.37. The first-order valence-electron chi connectivity index (χ1n) is 6.89. The number of methoxy groups -OCH3 is 1. The van der Waals surface area contributed by atoms with Crippen molar-refractivity contribution in [1.82, 2.24) is 20.1 Å². The molecule has 2 rings (SSSR count). The van der Waals surface area contributed by atoms with Crippen LogP contribution in [0.4, 0.5) is 0 Å². The summed E-state index contributed by atoms with van der Waals surface area (Å²) in [4.78, 5) is 4.50. The van der Waals surface area contributed by atoms with E-state index in [4.69, 9.17) is 4.74 Å². The van der Waals surface area contributed by atoms with Gasteiger partial charge in [-0.3, -0.25) is 9.67 Å². The van der Waals surface area contributed by atoms with Gasteiger partial charge in [0.05, 0.1) is 18.8 Å². The van der Waals surface area contributed by atoms with Crippen molar-refractivity contribution in [2.45, 2.75) is 26.3 Å². The minimum Gasteiger partial charge on any atom is -0.495 e. The van der Waals surface area contributed by atoms with Gasteiger partial charge in [0.15, 0.2) is 0 Å². The largest absolute Gasteiger partial charge is 0.495 e. The Kier molecular flexibility index (Phi) is 4.74. The van der Waals surface area contributed by atoms with Crippen LogP contribution < -0.4 is 10.1 Å². The second kappa shape index (κ2) is 6.52. The summed E-state index contributed by atoms with van der Waals surface area (Å²) in [7, 11) is 3.61. The van der Waals surface area contributed by atoms with Gasteiger partial charge in [0.25, 0.3) is 0 Å². The van der Waals surface area contributed by atoms with Crippen molar-refractivity contribution >= 4 is 0 Å². The first-order valence-corrected chi connectivity index (χ1v) is 6.89. The third kappa shape index (κ3) is 2.99. The molecule has 2 aromatic rings. The number of hydrogen-bond donors (Lipinski definition) is 1. The van der Waals surface area contributed by atoms with Crippen molar-refractivity contribution in [3.8, 4) is 5.75 Å². The molecule has 1 unspecified atom stereocenters. The maximum atomic E-state index is 5.44. The van der Waals surface area contributed by atoms with Gasteiger partial charge in [-0.25, -0.2) is 0 Å². The summed E-state index contributed by atoms with van der Waals surface area (Å²) in [6.45, 7) is 5.08. The zero-order valence-electron chi connectivity index (χ0n) is 12.6. The quantitative estimate of drug-likeness (QED) is 0.877. The number of ether oxygens (including phenoxy) is 1. The topological polar surface area (TPSA) is 52.0 Å². The molecule has 0 aliphatic heterocycles. The third-order valence-corrected chi connectivity index (χ3v) is 3.25. The summed E-state index contributed by atoms with van der Waals surface area (Å²) in [5.74, 6) is 0.796. The number of pyridine rings is 1. The van der Waals surface area contributed by atoms with Crippen LogP contribution in [0, 0.1) is 6.92 Å². The summed E-state index contributed by atoms with van der Waals surface area (Å²) in [6, 6.07) is 3.82. The molecular weight excluding hydrogens is 252 g/mol. The van der Waals surface area contributed by atoms with Crippen LogP contribution in [0.5, 0.6) is 5.75 Å². The summed E-state index contributed by atoms with van der Waals surface area (Å²) < 4.78 is 7.28. The zero-order chi connectivity index (χ0) is 14.5. The van der Waals surface area contributed by atoms with Crippen molar-refractivity contribution < 1.29 is 4.74 Å². The molecule has 0 fully saturated rings. The molecule has 0 spiro atoms. The number of aromatic nitrogens is 3. The molecule has 1 N–H and O–H groups in total. The Bertz CT molecular complexity index is 565. The van der Waals surface area contributed by atoms with Crippen LogP contribution in [0.1, 0.15) is 36.3 Å². The Morgan fingerprint density at radius 3 is 2.85 bits per heavy atom. The van der Waals surface area contributed by atoms with Crippen LogP contribution in [0.3, 0.4) is 0 Å². The van der Waals surface area contributed by atoms with E-state index >= 15 is 0 Å². The molecule has 0 bridgehead atoms. The molecule has 0 saturated carbocycles. The summed E-state index contributed by atoms with van der Waals surface area (Å²) in [5, 5.41) is 7.96. The molecule has 2 heterocycles. The molecule has 1 atom stereocenters. The molecule has 2 aromatic heterocycles. The molecule has 0 saturated heterocycles. The Labute approximate surface area is 120 Å². The number of nitrogens with zero attached hydrogens (tertiary/aromatic N) is 3. The molecule has 0 amide bonds. The summed E-state index contributed by atoms with van der Waals surface area (Å²) in [5.41, 5.74) is 3.05. The fourth-order valence-electron chi connectivity index (χ4n) is 2.34. The monoisotopic (exact) mass is 274 g/mol. The second-order valence-electron chi connectivity index (χ2n) is 4.82. The van der Waals surface area contributed by atoms with Gasteiger partial charge in [-0.05, 0) is 32.0 Å². The smallest absolute Gasteiger partial charge is 0.142 e. The summed E-state index contributed by atoms with van der Waals surface area (Å²) in [6.07, 6.45) is 4.89. The number of nitrogens with one attached hydrogen (secondary N) is 1. The van der Waals surface area contributed by atoms with E-state index in [0.29, 0.717) is 0 Å². The predicted molar refractivity (Wildman–Crippen MR) is 78.9 cm³/mol. The minimum absolute atomic E-state index is 0.000185. The number of hydrogen-bond acceptors (Lipinski definition) is 4. The number of aryl methyl sites for hydroxylation is 2. The molecule has 0 aliphatic rings. The Morgan fingerprint density at radius 2 is 2.25 bits per heavy atom. The van der Waals surface area contributed by atoms with Gasteiger partial charge in [-0.2, -0.15) is 5.10 Å². The van der Waals surface area contributed by atoms with E-state index in [9.17, 15) is 0 Å². The number of rotatable bonds is 6. The Hall–Kier alpha value is -1.88. The lowest BCUT2D eigenvalue weighted by Crippen LogP contribution is -2.25. The van der Waals surface area contributed by atoms with E-state index in [1.807, 2.05) is 37.0 Å². The highest BCUT2D eigenvalue weighted by Gasteiger charge is 2.22. The maximum absolute atomic E-state index is 5.44. The van der Waals surface area contributed by atoms with Crippen LogP contribution in [-0.4, -0.2) is 28.4 Å². The lowest BCUT2D eigenvalue weighted by Gasteiger charge is -2.19. The first kappa shape index (κ1) is 14.5. The molecule has 0 radical (unpaired) electrons. The van der Waals surface area contributed by atoms with Crippen molar-refractivity contribution in [3.05, 3.63) is 41.5 Å². The Balaban J connectivity index is 2.44. The van der Waals surface area contributed by atoms with E-state index in [-0.39, 0.29) is 6.04 Å². The lowest BCUT2D eigenvalue weighted by molar-refractivity contribution is 0.399. The van der Waals surface area contributed by atoms with Crippen molar-refractivity contribution in [2.75, 3.05) is 13.7 Å². The molecule has 5 heteroatoms. The van der Waals surface area contributed by atoms with Gasteiger partial charge in [-0.15, -0.1) is 0 Å². The average Bonchev–Trinajstić information content (AvgIpc) is 2.79. The molecule has 0 aliphatic carbocycles. The first-order chi connectivity index (χ1) is 9.67. The third-order valence-electron chi connectivity index (χ3n) is 3.25. The normalized spacial score (nSPS) is 12.4. The van der Waals surface area contributed by atoms with Crippen LogP contribution in [0.15, 0.2) is 24.5 Å². The standard InChI is InChI=1S/C15H22N4O/c1-5-8-16-14(12-10-19(3)18-11(12)2)15-13(20-4)7-6-9-17-15/h6-7,9-10,14,16H,5,8H2,1-4H3. The van der Waals surface area contributed by atoms with E-state index in [2.05, 4.69) is 22.3 Å². The van der Waals surface area contributed by atoms with E-state index in [1.165, 1.54) is 0 Å². The SMILES string of the molecule is CCCNC(c1cn(C)nc1C)c1ncccc1OC. The molecule has 108 valence electrons. The highest BCUT2D eigenvalue weighted by Crippen LogP contribution is 2.29. The highest BCUT2D eigenvalue weighted by atomic mass is 16.5. The average molecular weight is 274 g/mol. The van der Waals surface area contributed by atoms with Gasteiger partial charge in [0.1, 0.15) is 11.4 Å². The van der Waals surface area contributed by atoms with E-state index in [0.717, 1.165) is 35.7 Å². The van der Waals surface area contributed by atoms with Crippen LogP contribution in [-0.2, 0) is 7.05 Å². The molecular formula is C15H22N4O. The van der Waals surface area contributed by atoms with Crippen LogP contribution >= 0.6 is 0 Å². The van der Waals surface area contributed by atoms with Crippen molar-refractivity contribution in [2.24, 2.45) is 7.05 Å². The molecule has 5 nitrogen and oxygen atoms in total. The molecule has 0 aromatic carbocycles. The van der Waals surface area contributed by atoms with Gasteiger partial charge < -0.3 is 10.1 Å². The van der Waals surface area contributed by atoms with Gasteiger partial charge in [0, 0.05) is 25.0 Å². The second-order valence-corrected chi connectivity index (χ2v) is 4.82. The van der Waals surface area contributed by atoms with Crippen LogP contribution in [0.25, 0.3) is 0 Å². The lowest BCUT2D eigenvalue weighted by atomic mass is 10.0. The fraction of sp³-hybridized carbons (Fsp3) is 0.467. The van der Waals surface area contributed by atoms with Gasteiger partial charge in [-0.1, -0.05) is 6.92 Å². The van der Waals surface area contributed by atoms with Crippen LogP contribution in [0.2, 0.25) is 0 Å². The Morgan fingerprint density at radius 1 is 1.45 bits per heavy atom. The predicted octanol–water partition coefficient (Wildman–Crippen LogP) is 2.22. The van der Waals surface area contributed by atoms with Crippen molar-refractivity contribution in [1.29, 1.82) is 0 Å². The van der Waals surface area contributed by atoms with E-state index in [1.54, 1.807) is 13.3 Å². The molecule has 20 heavy (non-hydrogen) atoms. The van der Waals surface area contributed by atoms with Gasteiger partial charge in [0.2, 0.25) is 0 Å². The minimum atomic E-state index is -0.000185. The van der Waals surface area contributed by atoms with E-state index < -0.39 is 0 Å². The maximum Gasteiger partial charge on any atom is 0.142 e. The summed E-state index contributed by atoms with van der Waals surface area (Å²) >= 11 is 0. The van der Waals surface area contributed by atoms with Gasteiger partial charge >= 0.3 is 0 Å². The fourth-order valence-corrected chi connectivity index (χ4v) is 2.34. The van der Waals surface area contributed by atoms with Crippen molar-refractivity contribution in [3.63, 3.8) is 0 Å².